The summed E-state index contributed by atoms with van der Waals surface area (Å²) in [7, 11) is 0. The van der Waals surface area contributed by atoms with E-state index >= 15 is 0 Å². The van der Waals surface area contributed by atoms with E-state index in [1.165, 1.54) is 11.1 Å². The number of para-hydroxylation sites is 1. The van der Waals surface area contributed by atoms with Crippen molar-refractivity contribution in [1.82, 2.24) is 14.7 Å². The number of rotatable bonds is 7. The molecule has 2 heterocycles. The molecule has 0 bridgehead atoms. The topological polar surface area (TPSA) is 59.8 Å². The van der Waals surface area contributed by atoms with Gasteiger partial charge in [-0.1, -0.05) is 24.3 Å². The third-order valence-corrected chi connectivity index (χ3v) is 5.53. The van der Waals surface area contributed by atoms with Crippen molar-refractivity contribution in [2.75, 3.05) is 13.3 Å². The number of nitrogens with zero attached hydrogens (tertiary/aromatic N) is 3. The summed E-state index contributed by atoms with van der Waals surface area (Å²) in [6.45, 7) is 10.4. The number of hydrogen-bond acceptors (Lipinski definition) is 5. The van der Waals surface area contributed by atoms with Crippen molar-refractivity contribution in [2.45, 2.75) is 46.9 Å². The highest BCUT2D eigenvalue weighted by molar-refractivity contribution is 5.45. The fourth-order valence-electron chi connectivity index (χ4n) is 4.02. The Morgan fingerprint density at radius 1 is 1.07 bits per heavy atom. The first-order valence-corrected chi connectivity index (χ1v) is 10.3. The number of fused-ring (bicyclic) bond motifs is 1. The molecule has 3 aromatic rings. The lowest BCUT2D eigenvalue weighted by molar-refractivity contribution is 0.118. The largest absolute Gasteiger partial charge is 0.454 e. The minimum Gasteiger partial charge on any atom is -0.454 e. The Bertz CT molecular complexity index is 1040. The fourth-order valence-corrected chi connectivity index (χ4v) is 4.02. The molecule has 30 heavy (non-hydrogen) atoms. The molecule has 0 aliphatic carbocycles. The summed E-state index contributed by atoms with van der Waals surface area (Å²) < 4.78 is 13.0. The number of aromatic nitrogens is 2. The predicted octanol–water partition coefficient (Wildman–Crippen LogP) is 3.91. The first-order valence-electron chi connectivity index (χ1n) is 10.3. The smallest absolute Gasteiger partial charge is 0.231 e. The van der Waals surface area contributed by atoms with Crippen LogP contribution in [0.5, 0.6) is 11.5 Å². The molecule has 6 heteroatoms. The van der Waals surface area contributed by atoms with Gasteiger partial charge in [-0.3, -0.25) is 4.90 Å². The van der Waals surface area contributed by atoms with Gasteiger partial charge >= 0.3 is 0 Å². The van der Waals surface area contributed by atoms with Crippen LogP contribution in [0.15, 0.2) is 42.5 Å². The van der Waals surface area contributed by atoms with Crippen molar-refractivity contribution in [3.05, 3.63) is 70.5 Å². The van der Waals surface area contributed by atoms with Crippen LogP contribution in [0.2, 0.25) is 0 Å². The lowest BCUT2D eigenvalue weighted by atomic mass is 10.1. The average Bonchev–Trinajstić information content (AvgIpc) is 3.27. The van der Waals surface area contributed by atoms with Crippen LogP contribution in [0.25, 0.3) is 5.69 Å². The number of benzene rings is 2. The van der Waals surface area contributed by atoms with Crippen molar-refractivity contribution >= 4 is 0 Å². The van der Waals surface area contributed by atoms with Crippen LogP contribution >= 0.6 is 0 Å². The van der Waals surface area contributed by atoms with Gasteiger partial charge in [-0.25, -0.2) is 4.68 Å². The van der Waals surface area contributed by atoms with Gasteiger partial charge in [-0.05, 0) is 57.0 Å². The number of aliphatic hydroxyl groups is 1. The SMILES string of the molecule is Cc1ccccc1-n1nc(C)c(CN(Cc2ccc3c(c2)OCO3)CC(C)O)c1C. The van der Waals surface area contributed by atoms with Gasteiger partial charge in [0.1, 0.15) is 0 Å². The van der Waals surface area contributed by atoms with E-state index in [9.17, 15) is 5.11 Å². The van der Waals surface area contributed by atoms with Crippen molar-refractivity contribution in [3.8, 4) is 17.2 Å². The van der Waals surface area contributed by atoms with E-state index in [4.69, 9.17) is 14.6 Å². The molecule has 2 aromatic carbocycles. The minimum absolute atomic E-state index is 0.270. The molecule has 1 unspecified atom stereocenters. The van der Waals surface area contributed by atoms with Crippen LogP contribution in [0.3, 0.4) is 0 Å². The molecule has 0 spiro atoms. The van der Waals surface area contributed by atoms with E-state index < -0.39 is 6.10 Å². The zero-order valence-corrected chi connectivity index (χ0v) is 18.1. The van der Waals surface area contributed by atoms with E-state index in [-0.39, 0.29) is 6.79 Å². The highest BCUT2D eigenvalue weighted by atomic mass is 16.7. The lowest BCUT2D eigenvalue weighted by Crippen LogP contribution is -2.30. The quantitative estimate of drug-likeness (QED) is 0.644. The molecule has 6 nitrogen and oxygen atoms in total. The van der Waals surface area contributed by atoms with Gasteiger partial charge in [0.2, 0.25) is 6.79 Å². The van der Waals surface area contributed by atoms with E-state index in [0.29, 0.717) is 19.6 Å². The van der Waals surface area contributed by atoms with Gasteiger partial charge in [-0.15, -0.1) is 0 Å². The average molecular weight is 408 g/mol. The molecule has 1 N–H and O–H groups in total. The van der Waals surface area contributed by atoms with Crippen LogP contribution in [0.1, 0.15) is 35.0 Å². The van der Waals surface area contributed by atoms with E-state index in [0.717, 1.165) is 34.1 Å². The van der Waals surface area contributed by atoms with Crippen molar-refractivity contribution < 1.29 is 14.6 Å². The summed E-state index contributed by atoms with van der Waals surface area (Å²) in [5, 5.41) is 14.9. The highest BCUT2D eigenvalue weighted by Crippen LogP contribution is 2.33. The molecule has 0 fully saturated rings. The van der Waals surface area contributed by atoms with Gasteiger partial charge in [0, 0.05) is 30.9 Å². The maximum atomic E-state index is 10.1. The Morgan fingerprint density at radius 2 is 1.83 bits per heavy atom. The van der Waals surface area contributed by atoms with Gasteiger partial charge in [0.05, 0.1) is 17.5 Å². The molecular formula is C24H29N3O3. The zero-order chi connectivity index (χ0) is 21.3. The molecule has 0 amide bonds. The third-order valence-electron chi connectivity index (χ3n) is 5.53. The van der Waals surface area contributed by atoms with Crippen molar-refractivity contribution in [1.29, 1.82) is 0 Å². The minimum atomic E-state index is -0.425. The second kappa shape index (κ2) is 8.50. The summed E-state index contributed by atoms with van der Waals surface area (Å²) in [4.78, 5) is 2.25. The molecule has 0 saturated carbocycles. The zero-order valence-electron chi connectivity index (χ0n) is 18.1. The molecule has 1 aliphatic heterocycles. The summed E-state index contributed by atoms with van der Waals surface area (Å²) in [6, 6.07) is 14.3. The molecule has 1 atom stereocenters. The third kappa shape index (κ3) is 4.20. The van der Waals surface area contributed by atoms with Gasteiger partial charge in [0.25, 0.3) is 0 Å². The number of hydrogen-bond donors (Lipinski definition) is 1. The Balaban J connectivity index is 1.60. The molecule has 0 saturated heterocycles. The molecular weight excluding hydrogens is 378 g/mol. The highest BCUT2D eigenvalue weighted by Gasteiger charge is 2.20. The van der Waals surface area contributed by atoms with Gasteiger partial charge in [-0.2, -0.15) is 5.10 Å². The molecule has 158 valence electrons. The molecule has 1 aromatic heterocycles. The van der Waals surface area contributed by atoms with Crippen LogP contribution in [0.4, 0.5) is 0 Å². The normalized spacial score (nSPS) is 13.8. The fraction of sp³-hybridized carbons (Fsp3) is 0.375. The number of aliphatic hydroxyl groups excluding tert-OH is 1. The summed E-state index contributed by atoms with van der Waals surface area (Å²) in [6.07, 6.45) is -0.425. The predicted molar refractivity (Wildman–Crippen MR) is 116 cm³/mol. The summed E-state index contributed by atoms with van der Waals surface area (Å²) in [5.74, 6) is 1.57. The van der Waals surface area contributed by atoms with Crippen LogP contribution in [-0.2, 0) is 13.1 Å². The standard InChI is InChI=1S/C24H29N3O3/c1-16-7-5-6-8-22(16)27-19(4)21(18(3)25-27)14-26(12-17(2)28)13-20-9-10-23-24(11-20)30-15-29-23/h5-11,17,28H,12-15H2,1-4H3. The van der Waals surface area contributed by atoms with Crippen molar-refractivity contribution in [3.63, 3.8) is 0 Å². The second-order valence-electron chi connectivity index (χ2n) is 8.05. The van der Waals surface area contributed by atoms with Crippen LogP contribution in [-0.4, -0.2) is 39.2 Å². The van der Waals surface area contributed by atoms with E-state index in [1.807, 2.05) is 35.9 Å². The van der Waals surface area contributed by atoms with Gasteiger partial charge < -0.3 is 14.6 Å². The molecule has 4 rings (SSSR count). The Kier molecular flexibility index (Phi) is 5.79. The maximum Gasteiger partial charge on any atom is 0.231 e. The van der Waals surface area contributed by atoms with Crippen LogP contribution in [0, 0.1) is 20.8 Å². The lowest BCUT2D eigenvalue weighted by Gasteiger charge is -2.24. The molecule has 0 radical (unpaired) electrons. The Hall–Kier alpha value is -2.83. The van der Waals surface area contributed by atoms with Gasteiger partial charge in [0.15, 0.2) is 11.5 Å². The first-order chi connectivity index (χ1) is 14.4. The summed E-state index contributed by atoms with van der Waals surface area (Å²) in [5.41, 5.74) is 6.75. The monoisotopic (exact) mass is 407 g/mol. The number of aryl methyl sites for hydroxylation is 2. The van der Waals surface area contributed by atoms with E-state index in [2.05, 4.69) is 43.9 Å². The Morgan fingerprint density at radius 3 is 2.60 bits per heavy atom. The van der Waals surface area contributed by atoms with Crippen LogP contribution < -0.4 is 9.47 Å². The first kappa shape index (κ1) is 20.4. The second-order valence-corrected chi connectivity index (χ2v) is 8.05. The maximum absolute atomic E-state index is 10.1. The summed E-state index contributed by atoms with van der Waals surface area (Å²) >= 11 is 0. The molecule has 1 aliphatic rings. The Labute approximate surface area is 177 Å². The van der Waals surface area contributed by atoms with E-state index in [1.54, 1.807) is 0 Å². The number of ether oxygens (including phenoxy) is 2. The van der Waals surface area contributed by atoms with Crippen molar-refractivity contribution in [2.24, 2.45) is 0 Å².